The molecule has 0 atom stereocenters. The van der Waals surface area contributed by atoms with E-state index in [2.05, 4.69) is 15.0 Å². The number of imidazole rings is 1. The summed E-state index contributed by atoms with van der Waals surface area (Å²) < 4.78 is 43.5. The second-order valence-electron chi connectivity index (χ2n) is 7.60. The first kappa shape index (κ1) is 19.0. The van der Waals surface area contributed by atoms with Crippen molar-refractivity contribution in [3.63, 3.8) is 0 Å². The van der Waals surface area contributed by atoms with E-state index in [0.717, 1.165) is 25.9 Å². The predicted molar refractivity (Wildman–Crippen MR) is 94.6 cm³/mol. The van der Waals surface area contributed by atoms with E-state index in [1.807, 2.05) is 7.05 Å². The van der Waals surface area contributed by atoms with Crippen molar-refractivity contribution in [2.24, 2.45) is 7.05 Å². The molecule has 0 spiro atoms. The molecular weight excluding hydrogens is 373 g/mol. The zero-order valence-electron chi connectivity index (χ0n) is 15.9. The van der Waals surface area contributed by atoms with E-state index in [1.54, 1.807) is 24.2 Å². The van der Waals surface area contributed by atoms with Crippen molar-refractivity contribution < 1.29 is 18.0 Å². The molecule has 10 heteroatoms. The van der Waals surface area contributed by atoms with Gasteiger partial charge in [0, 0.05) is 32.3 Å². The monoisotopic (exact) mass is 396 g/mol. The molecule has 2 aromatic rings. The number of hydrogen-bond donors (Lipinski definition) is 0. The van der Waals surface area contributed by atoms with Crippen LogP contribution in [-0.4, -0.2) is 61.7 Å². The molecule has 4 rings (SSSR count). The van der Waals surface area contributed by atoms with Gasteiger partial charge in [-0.25, -0.2) is 4.98 Å². The van der Waals surface area contributed by atoms with Crippen molar-refractivity contribution in [2.45, 2.75) is 38.0 Å². The van der Waals surface area contributed by atoms with Gasteiger partial charge in [-0.3, -0.25) is 9.48 Å². The van der Waals surface area contributed by atoms with Gasteiger partial charge in [-0.15, -0.1) is 0 Å². The van der Waals surface area contributed by atoms with Gasteiger partial charge in [0.25, 0.3) is 5.91 Å². The number of carbonyl (C=O) groups excluding carboxylic acids is 1. The number of aryl methyl sites for hydroxylation is 1. The number of hydrogen-bond acceptors (Lipinski definition) is 4. The molecule has 2 aliphatic rings. The summed E-state index contributed by atoms with van der Waals surface area (Å²) in [6.07, 6.45) is -1.29. The van der Waals surface area contributed by atoms with Crippen LogP contribution in [0, 0.1) is 0 Å². The molecular formula is C18H23F3N6O. The number of alkyl halides is 3. The summed E-state index contributed by atoms with van der Waals surface area (Å²) in [7, 11) is 3.73. The van der Waals surface area contributed by atoms with Crippen molar-refractivity contribution in [1.82, 2.24) is 29.1 Å². The fourth-order valence-corrected chi connectivity index (χ4v) is 4.08. The third kappa shape index (κ3) is 3.41. The zero-order valence-corrected chi connectivity index (χ0v) is 15.9. The first-order valence-corrected chi connectivity index (χ1v) is 9.38. The van der Waals surface area contributed by atoms with Crippen molar-refractivity contribution >= 4 is 5.91 Å². The maximum Gasteiger partial charge on any atom is 0.449 e. The normalized spacial score (nSPS) is 19.1. The molecule has 1 amide bonds. The summed E-state index contributed by atoms with van der Waals surface area (Å²) in [6.45, 7) is 2.07. The lowest BCUT2D eigenvalue weighted by molar-refractivity contribution is -0.147. The first-order valence-electron chi connectivity index (χ1n) is 9.38. The molecule has 0 saturated carbocycles. The molecule has 152 valence electrons. The standard InChI is InChI=1S/C18H23F3N6O/c1-24-6-3-12(4-7-24)15-14-11-26(16(28)13-5-8-25(2)23-13)9-10-27(14)17(22-15)18(19,20)21/h5,8,12H,3-4,6-7,9-11H2,1-2H3. The lowest BCUT2D eigenvalue weighted by Crippen LogP contribution is -2.40. The van der Waals surface area contributed by atoms with Gasteiger partial charge in [-0.2, -0.15) is 18.3 Å². The Hall–Kier alpha value is -2.36. The Kier molecular flexibility index (Phi) is 4.68. The molecule has 2 aliphatic heterocycles. The molecule has 28 heavy (non-hydrogen) atoms. The van der Waals surface area contributed by atoms with Gasteiger partial charge in [-0.05, 0) is 39.0 Å². The molecule has 0 unspecified atom stereocenters. The average Bonchev–Trinajstić information content (AvgIpc) is 3.25. The van der Waals surface area contributed by atoms with Crippen LogP contribution in [0.2, 0.25) is 0 Å². The maximum absolute atomic E-state index is 13.6. The van der Waals surface area contributed by atoms with Crippen molar-refractivity contribution in [3.05, 3.63) is 35.2 Å². The van der Waals surface area contributed by atoms with Crippen LogP contribution in [0.5, 0.6) is 0 Å². The van der Waals surface area contributed by atoms with E-state index in [9.17, 15) is 18.0 Å². The Balaban J connectivity index is 1.66. The van der Waals surface area contributed by atoms with Crippen LogP contribution in [0.25, 0.3) is 0 Å². The quantitative estimate of drug-likeness (QED) is 0.780. The molecule has 0 bridgehead atoms. The molecule has 0 aromatic carbocycles. The molecule has 1 saturated heterocycles. The van der Waals surface area contributed by atoms with E-state index in [-0.39, 0.29) is 31.5 Å². The fraction of sp³-hybridized carbons (Fsp3) is 0.611. The van der Waals surface area contributed by atoms with Crippen molar-refractivity contribution in [2.75, 3.05) is 26.7 Å². The highest BCUT2D eigenvalue weighted by atomic mass is 19.4. The molecule has 2 aromatic heterocycles. The number of aromatic nitrogens is 4. The number of amides is 1. The number of halogens is 3. The Bertz CT molecular complexity index is 879. The van der Waals surface area contributed by atoms with Gasteiger partial charge >= 0.3 is 6.18 Å². The Labute approximate surface area is 160 Å². The van der Waals surface area contributed by atoms with E-state index in [4.69, 9.17) is 0 Å². The van der Waals surface area contributed by atoms with E-state index < -0.39 is 12.0 Å². The summed E-state index contributed by atoms with van der Waals surface area (Å²) in [4.78, 5) is 20.5. The average molecular weight is 396 g/mol. The second kappa shape index (κ2) is 6.91. The molecule has 1 fully saturated rings. The van der Waals surface area contributed by atoms with E-state index >= 15 is 0 Å². The predicted octanol–water partition coefficient (Wildman–Crippen LogP) is 2.10. The molecule has 0 N–H and O–H groups in total. The molecule has 0 radical (unpaired) electrons. The van der Waals surface area contributed by atoms with E-state index in [1.165, 1.54) is 9.25 Å². The van der Waals surface area contributed by atoms with Crippen LogP contribution in [0.1, 0.15) is 46.5 Å². The zero-order chi connectivity index (χ0) is 20.1. The Morgan fingerprint density at radius 1 is 1.14 bits per heavy atom. The molecule has 7 nitrogen and oxygen atoms in total. The highest BCUT2D eigenvalue weighted by Gasteiger charge is 2.42. The molecule has 4 heterocycles. The minimum absolute atomic E-state index is 0.0153. The summed E-state index contributed by atoms with van der Waals surface area (Å²) in [5.74, 6) is -1.13. The summed E-state index contributed by atoms with van der Waals surface area (Å²) >= 11 is 0. The third-order valence-corrected chi connectivity index (χ3v) is 5.62. The van der Waals surface area contributed by atoms with Crippen LogP contribution >= 0.6 is 0 Å². The van der Waals surface area contributed by atoms with Crippen LogP contribution in [-0.2, 0) is 26.3 Å². The second-order valence-corrected chi connectivity index (χ2v) is 7.60. The first-order chi connectivity index (χ1) is 13.2. The van der Waals surface area contributed by atoms with Gasteiger partial charge in [0.1, 0.15) is 5.69 Å². The number of piperidine rings is 1. The largest absolute Gasteiger partial charge is 0.449 e. The minimum Gasteiger partial charge on any atom is -0.330 e. The Morgan fingerprint density at radius 3 is 2.46 bits per heavy atom. The van der Waals surface area contributed by atoms with Crippen LogP contribution in [0.3, 0.4) is 0 Å². The third-order valence-electron chi connectivity index (χ3n) is 5.62. The number of likely N-dealkylation sites (tertiary alicyclic amines) is 1. The highest BCUT2D eigenvalue weighted by Crippen LogP contribution is 2.37. The lowest BCUT2D eigenvalue weighted by Gasteiger charge is -2.32. The fourth-order valence-electron chi connectivity index (χ4n) is 4.08. The topological polar surface area (TPSA) is 59.2 Å². The minimum atomic E-state index is -4.51. The van der Waals surface area contributed by atoms with Gasteiger partial charge in [0.2, 0.25) is 5.82 Å². The smallest absolute Gasteiger partial charge is 0.330 e. The van der Waals surface area contributed by atoms with E-state index in [0.29, 0.717) is 17.1 Å². The summed E-state index contributed by atoms with van der Waals surface area (Å²) in [5.41, 5.74) is 1.31. The summed E-state index contributed by atoms with van der Waals surface area (Å²) in [5, 5.41) is 4.12. The van der Waals surface area contributed by atoms with Gasteiger partial charge in [-0.1, -0.05) is 0 Å². The number of rotatable bonds is 2. The Morgan fingerprint density at radius 2 is 1.86 bits per heavy atom. The molecule has 0 aliphatic carbocycles. The lowest BCUT2D eigenvalue weighted by atomic mass is 9.92. The number of carbonyl (C=O) groups is 1. The summed E-state index contributed by atoms with van der Waals surface area (Å²) in [6, 6.07) is 1.62. The van der Waals surface area contributed by atoms with Gasteiger partial charge < -0.3 is 14.4 Å². The van der Waals surface area contributed by atoms with Crippen molar-refractivity contribution in [1.29, 1.82) is 0 Å². The van der Waals surface area contributed by atoms with Crippen LogP contribution < -0.4 is 0 Å². The van der Waals surface area contributed by atoms with Gasteiger partial charge in [0.05, 0.1) is 17.9 Å². The maximum atomic E-state index is 13.6. The van der Waals surface area contributed by atoms with Gasteiger partial charge in [0.15, 0.2) is 0 Å². The van der Waals surface area contributed by atoms with Crippen LogP contribution in [0.15, 0.2) is 12.3 Å². The van der Waals surface area contributed by atoms with Crippen molar-refractivity contribution in [3.8, 4) is 0 Å². The highest BCUT2D eigenvalue weighted by molar-refractivity contribution is 5.92. The number of nitrogens with zero attached hydrogens (tertiary/aromatic N) is 6. The number of fused-ring (bicyclic) bond motifs is 1. The van der Waals surface area contributed by atoms with Crippen LogP contribution in [0.4, 0.5) is 13.2 Å². The SMILES string of the molecule is CN1CCC(c2nc(C(F)(F)F)n3c2CN(C(=O)c2ccn(C)n2)CC3)CC1.